The van der Waals surface area contributed by atoms with Crippen molar-refractivity contribution < 1.29 is 9.90 Å². The Morgan fingerprint density at radius 1 is 1.69 bits per heavy atom. The molecule has 0 atom stereocenters. The Balaban J connectivity index is 3.27. The van der Waals surface area contributed by atoms with Gasteiger partial charge in [0.1, 0.15) is 0 Å². The van der Waals surface area contributed by atoms with Crippen molar-refractivity contribution in [2.45, 2.75) is 19.2 Å². The zero-order valence-electron chi connectivity index (χ0n) is 7.25. The third-order valence-corrected chi connectivity index (χ3v) is 2.11. The number of aromatic nitrogens is 1. The number of nitrogens with zero attached hydrogens (tertiary/aromatic N) is 1. The number of pyridine rings is 1. The van der Waals surface area contributed by atoms with Crippen LogP contribution < -0.4 is 0 Å². The highest BCUT2D eigenvalue weighted by molar-refractivity contribution is 6.17. The van der Waals surface area contributed by atoms with Gasteiger partial charge in [-0.15, -0.1) is 11.6 Å². The lowest BCUT2D eigenvalue weighted by Crippen LogP contribution is -2.06. The lowest BCUT2D eigenvalue weighted by Gasteiger charge is -2.06. The molecule has 0 aliphatic heterocycles. The Bertz CT molecular complexity index is 325. The lowest BCUT2D eigenvalue weighted by molar-refractivity contribution is 0.0695. The molecule has 1 aromatic rings. The summed E-state index contributed by atoms with van der Waals surface area (Å²) < 4.78 is 0. The monoisotopic (exact) mass is 199 g/mol. The quantitative estimate of drug-likeness (QED) is 0.759. The third kappa shape index (κ3) is 1.98. The van der Waals surface area contributed by atoms with Gasteiger partial charge in [0, 0.05) is 6.20 Å². The molecule has 4 heteroatoms. The average molecular weight is 200 g/mol. The standard InChI is InChI=1S/C9H10ClNO2/c1-2-6-7(9(12)13)3-4-11-8(6)5-10/h3-4H,2,5H2,1H3,(H,12,13). The van der Waals surface area contributed by atoms with Gasteiger partial charge in [0.25, 0.3) is 0 Å². The van der Waals surface area contributed by atoms with E-state index in [0.717, 1.165) is 5.56 Å². The van der Waals surface area contributed by atoms with Crippen molar-refractivity contribution in [2.24, 2.45) is 0 Å². The van der Waals surface area contributed by atoms with Gasteiger partial charge in [-0.05, 0) is 18.1 Å². The van der Waals surface area contributed by atoms with Crippen LogP contribution in [0.25, 0.3) is 0 Å². The molecule has 3 nitrogen and oxygen atoms in total. The van der Waals surface area contributed by atoms with Crippen LogP contribution in [0.1, 0.15) is 28.5 Å². The molecule has 0 radical (unpaired) electrons. The molecule has 1 N–H and O–H groups in total. The summed E-state index contributed by atoms with van der Waals surface area (Å²) in [5.74, 6) is -0.671. The number of alkyl halides is 1. The fourth-order valence-electron chi connectivity index (χ4n) is 1.25. The van der Waals surface area contributed by atoms with Crippen molar-refractivity contribution in [1.29, 1.82) is 0 Å². The number of carboxylic acid groups (broad SMARTS) is 1. The van der Waals surface area contributed by atoms with Gasteiger partial charge < -0.3 is 5.11 Å². The smallest absolute Gasteiger partial charge is 0.336 e. The van der Waals surface area contributed by atoms with Gasteiger partial charge >= 0.3 is 5.97 Å². The molecule has 0 aromatic carbocycles. The molecular weight excluding hydrogens is 190 g/mol. The molecule has 1 heterocycles. The summed E-state index contributed by atoms with van der Waals surface area (Å²) in [4.78, 5) is 14.8. The van der Waals surface area contributed by atoms with E-state index in [1.807, 2.05) is 6.92 Å². The summed E-state index contributed by atoms with van der Waals surface area (Å²) >= 11 is 5.63. The van der Waals surface area contributed by atoms with E-state index in [2.05, 4.69) is 4.98 Å². The molecule has 1 rings (SSSR count). The minimum atomic E-state index is -0.925. The Morgan fingerprint density at radius 2 is 2.38 bits per heavy atom. The maximum absolute atomic E-state index is 10.8. The van der Waals surface area contributed by atoms with Crippen molar-refractivity contribution in [1.82, 2.24) is 4.98 Å². The minimum absolute atomic E-state index is 0.254. The minimum Gasteiger partial charge on any atom is -0.478 e. The Kier molecular flexibility index (Phi) is 3.25. The van der Waals surface area contributed by atoms with Crippen molar-refractivity contribution in [3.8, 4) is 0 Å². The molecule has 0 spiro atoms. The van der Waals surface area contributed by atoms with Gasteiger partial charge in [0.05, 0.1) is 17.1 Å². The average Bonchev–Trinajstić information content (AvgIpc) is 2.16. The van der Waals surface area contributed by atoms with Crippen molar-refractivity contribution in [3.05, 3.63) is 29.1 Å². The largest absolute Gasteiger partial charge is 0.478 e. The molecule has 0 fully saturated rings. The number of hydrogen-bond donors (Lipinski definition) is 1. The number of carbonyl (C=O) groups is 1. The van der Waals surface area contributed by atoms with Crippen molar-refractivity contribution >= 4 is 17.6 Å². The topological polar surface area (TPSA) is 50.2 Å². The second kappa shape index (κ2) is 4.23. The van der Waals surface area contributed by atoms with E-state index < -0.39 is 5.97 Å². The van der Waals surface area contributed by atoms with E-state index >= 15 is 0 Å². The molecule has 0 aliphatic rings. The summed E-state index contributed by atoms with van der Waals surface area (Å²) in [6.07, 6.45) is 2.11. The van der Waals surface area contributed by atoms with Crippen LogP contribution in [0.3, 0.4) is 0 Å². The van der Waals surface area contributed by atoms with E-state index in [1.54, 1.807) is 0 Å². The number of hydrogen-bond acceptors (Lipinski definition) is 2. The van der Waals surface area contributed by atoms with Gasteiger partial charge in [-0.25, -0.2) is 4.79 Å². The normalized spacial score (nSPS) is 10.0. The first-order chi connectivity index (χ1) is 6.20. The van der Waals surface area contributed by atoms with E-state index in [-0.39, 0.29) is 5.88 Å². The van der Waals surface area contributed by atoms with E-state index in [4.69, 9.17) is 16.7 Å². The van der Waals surface area contributed by atoms with Crippen molar-refractivity contribution in [2.75, 3.05) is 0 Å². The van der Waals surface area contributed by atoms with Gasteiger partial charge in [0.2, 0.25) is 0 Å². The highest BCUT2D eigenvalue weighted by atomic mass is 35.5. The number of halogens is 1. The number of carboxylic acids is 1. The Morgan fingerprint density at radius 3 is 2.85 bits per heavy atom. The predicted molar refractivity (Wildman–Crippen MR) is 50.1 cm³/mol. The van der Waals surface area contributed by atoms with Gasteiger partial charge in [0.15, 0.2) is 0 Å². The van der Waals surface area contributed by atoms with Crippen LogP contribution in [0.5, 0.6) is 0 Å². The van der Waals surface area contributed by atoms with Gasteiger partial charge in [-0.2, -0.15) is 0 Å². The summed E-state index contributed by atoms with van der Waals surface area (Å²) in [5, 5.41) is 8.85. The summed E-state index contributed by atoms with van der Waals surface area (Å²) in [6, 6.07) is 1.50. The van der Waals surface area contributed by atoms with Crippen LogP contribution in [-0.2, 0) is 12.3 Å². The SMILES string of the molecule is CCc1c(C(=O)O)ccnc1CCl. The molecule has 0 saturated carbocycles. The van der Waals surface area contributed by atoms with Crippen LogP contribution in [-0.4, -0.2) is 16.1 Å². The first kappa shape index (κ1) is 9.99. The second-order valence-corrected chi connectivity index (χ2v) is 2.84. The molecular formula is C9H10ClNO2. The molecule has 0 bridgehead atoms. The zero-order chi connectivity index (χ0) is 9.84. The highest BCUT2D eigenvalue weighted by Crippen LogP contribution is 2.15. The maximum Gasteiger partial charge on any atom is 0.336 e. The fourth-order valence-corrected chi connectivity index (χ4v) is 1.48. The van der Waals surface area contributed by atoms with E-state index in [9.17, 15) is 4.79 Å². The molecule has 70 valence electrons. The second-order valence-electron chi connectivity index (χ2n) is 2.58. The lowest BCUT2D eigenvalue weighted by atomic mass is 10.1. The summed E-state index contributed by atoms with van der Waals surface area (Å²) in [5.41, 5.74) is 1.68. The Labute approximate surface area is 81.4 Å². The Hall–Kier alpha value is -1.09. The van der Waals surface area contributed by atoms with Crippen LogP contribution >= 0.6 is 11.6 Å². The first-order valence-electron chi connectivity index (χ1n) is 3.96. The predicted octanol–water partition coefficient (Wildman–Crippen LogP) is 2.08. The van der Waals surface area contributed by atoms with Crippen LogP contribution in [0, 0.1) is 0 Å². The van der Waals surface area contributed by atoms with Gasteiger partial charge in [-0.3, -0.25) is 4.98 Å². The fraction of sp³-hybridized carbons (Fsp3) is 0.333. The van der Waals surface area contributed by atoms with Crippen LogP contribution in [0.2, 0.25) is 0 Å². The van der Waals surface area contributed by atoms with Crippen molar-refractivity contribution in [3.63, 3.8) is 0 Å². The first-order valence-corrected chi connectivity index (χ1v) is 4.50. The van der Waals surface area contributed by atoms with Crippen LogP contribution in [0.4, 0.5) is 0 Å². The maximum atomic E-state index is 10.8. The highest BCUT2D eigenvalue weighted by Gasteiger charge is 2.12. The summed E-state index contributed by atoms with van der Waals surface area (Å²) in [6.45, 7) is 1.89. The molecule has 1 aromatic heterocycles. The number of rotatable bonds is 3. The third-order valence-electron chi connectivity index (χ3n) is 1.86. The molecule has 13 heavy (non-hydrogen) atoms. The molecule has 0 unspecified atom stereocenters. The van der Waals surface area contributed by atoms with Crippen LogP contribution in [0.15, 0.2) is 12.3 Å². The van der Waals surface area contributed by atoms with E-state index in [1.165, 1.54) is 12.3 Å². The summed E-state index contributed by atoms with van der Waals surface area (Å²) in [7, 11) is 0. The zero-order valence-corrected chi connectivity index (χ0v) is 8.01. The van der Waals surface area contributed by atoms with E-state index in [0.29, 0.717) is 17.7 Å². The van der Waals surface area contributed by atoms with Gasteiger partial charge in [-0.1, -0.05) is 6.92 Å². The number of aromatic carboxylic acids is 1. The molecule has 0 aliphatic carbocycles. The molecule has 0 amide bonds. The molecule has 0 saturated heterocycles.